The highest BCUT2D eigenvalue weighted by atomic mass is 79.9. The molecule has 0 aromatic carbocycles. The zero-order valence-corrected chi connectivity index (χ0v) is 18.9. The lowest BCUT2D eigenvalue weighted by molar-refractivity contribution is 0.668. The van der Waals surface area contributed by atoms with Crippen LogP contribution in [0.1, 0.15) is 70.8 Å². The van der Waals surface area contributed by atoms with Gasteiger partial charge in [0.15, 0.2) is 0 Å². The molecule has 0 spiro atoms. The molecule has 134 valence electrons. The van der Waals surface area contributed by atoms with E-state index >= 15 is 0 Å². The van der Waals surface area contributed by atoms with E-state index in [2.05, 4.69) is 47.3 Å². The zero-order chi connectivity index (χ0) is 17.2. The van der Waals surface area contributed by atoms with Crippen molar-refractivity contribution in [3.05, 3.63) is 26.9 Å². The maximum Gasteiger partial charge on any atom is 0.0840 e. The van der Waals surface area contributed by atoms with Gasteiger partial charge in [0.2, 0.25) is 0 Å². The van der Waals surface area contributed by atoms with Gasteiger partial charge >= 0.3 is 0 Å². The summed E-state index contributed by atoms with van der Waals surface area (Å²) in [6.07, 6.45) is 12.0. The summed E-state index contributed by atoms with van der Waals surface area (Å²) in [4.78, 5) is 4.37. The van der Waals surface area contributed by atoms with Crippen molar-refractivity contribution < 1.29 is 0 Å². The quantitative estimate of drug-likeness (QED) is 0.232. The molecule has 4 heteroatoms. The molecule has 0 atom stereocenters. The third-order valence-electron chi connectivity index (χ3n) is 4.18. The number of halogens is 1. The van der Waals surface area contributed by atoms with E-state index in [1.54, 1.807) is 5.56 Å². The third kappa shape index (κ3) is 6.51. The number of thioether (sulfide) groups is 1. The molecule has 2 heterocycles. The van der Waals surface area contributed by atoms with Crippen molar-refractivity contribution in [1.29, 1.82) is 0 Å². The number of hydrogen-bond donors (Lipinski definition) is 0. The predicted molar refractivity (Wildman–Crippen MR) is 118 cm³/mol. The van der Waals surface area contributed by atoms with Crippen LogP contribution in [0.4, 0.5) is 0 Å². The van der Waals surface area contributed by atoms with Crippen LogP contribution in [0.5, 0.6) is 0 Å². The lowest BCUT2D eigenvalue weighted by atomic mass is 10.1. The summed E-state index contributed by atoms with van der Waals surface area (Å²) in [6, 6.07) is 4.73. The Labute approximate surface area is 168 Å². The van der Waals surface area contributed by atoms with Crippen LogP contribution in [0, 0.1) is 0 Å². The molecule has 0 N–H and O–H groups in total. The van der Waals surface area contributed by atoms with Crippen molar-refractivity contribution in [3.63, 3.8) is 0 Å². The summed E-state index contributed by atoms with van der Waals surface area (Å²) >= 11 is 9.61. The van der Waals surface area contributed by atoms with Crippen LogP contribution in [-0.4, -0.2) is 5.75 Å². The highest BCUT2D eigenvalue weighted by molar-refractivity contribution is 9.11. The largest absolute Gasteiger partial charge is 0.143 e. The van der Waals surface area contributed by atoms with Gasteiger partial charge in [-0.3, -0.25) is 0 Å². The Morgan fingerprint density at radius 3 is 2.50 bits per heavy atom. The first kappa shape index (κ1) is 20.5. The average molecular weight is 446 g/mol. The molecule has 0 aliphatic heterocycles. The smallest absolute Gasteiger partial charge is 0.0840 e. The molecule has 2 aromatic rings. The monoisotopic (exact) mass is 444 g/mol. The molecule has 0 nitrogen and oxygen atoms in total. The Bertz CT molecular complexity index is 585. The number of thiophene rings is 2. The van der Waals surface area contributed by atoms with E-state index in [1.807, 2.05) is 34.4 Å². The normalized spacial score (nSPS) is 11.3. The van der Waals surface area contributed by atoms with Crippen molar-refractivity contribution in [2.75, 3.05) is 5.75 Å². The Kier molecular flexibility index (Phi) is 10.1. The van der Waals surface area contributed by atoms with E-state index in [1.165, 1.54) is 82.0 Å². The van der Waals surface area contributed by atoms with Crippen LogP contribution in [0.2, 0.25) is 0 Å². The third-order valence-corrected chi connectivity index (χ3v) is 8.67. The molecule has 0 unspecified atom stereocenters. The lowest BCUT2D eigenvalue weighted by Gasteiger charge is -2.02. The Morgan fingerprint density at radius 1 is 1.00 bits per heavy atom. The highest BCUT2D eigenvalue weighted by Crippen LogP contribution is 2.43. The molecule has 2 aromatic heterocycles. The minimum atomic E-state index is 1.23. The van der Waals surface area contributed by atoms with Gasteiger partial charge in [0, 0.05) is 14.6 Å². The molecule has 0 aliphatic rings. The van der Waals surface area contributed by atoms with Crippen LogP contribution < -0.4 is 0 Å². The topological polar surface area (TPSA) is 0 Å². The van der Waals surface area contributed by atoms with Crippen LogP contribution in [0.25, 0.3) is 9.75 Å². The number of unbranched alkanes of at least 4 members (excludes halogenated alkanes) is 6. The van der Waals surface area contributed by atoms with Gasteiger partial charge in [-0.15, -0.1) is 34.4 Å². The summed E-state index contributed by atoms with van der Waals surface area (Å²) in [5.41, 5.74) is 1.55. The van der Waals surface area contributed by atoms with Gasteiger partial charge in [-0.2, -0.15) is 0 Å². The molecule has 0 radical (unpaired) electrons. The fourth-order valence-corrected chi connectivity index (χ4v) is 6.89. The van der Waals surface area contributed by atoms with Crippen LogP contribution in [0.15, 0.2) is 26.2 Å². The second kappa shape index (κ2) is 11.8. The zero-order valence-electron chi connectivity index (χ0n) is 14.9. The highest BCUT2D eigenvalue weighted by Gasteiger charge is 2.13. The first-order chi connectivity index (χ1) is 11.8. The molecule has 0 aliphatic carbocycles. The maximum atomic E-state index is 3.79. The van der Waals surface area contributed by atoms with E-state index < -0.39 is 0 Å². The number of rotatable bonds is 12. The van der Waals surface area contributed by atoms with Gasteiger partial charge in [0.1, 0.15) is 0 Å². The molecule has 24 heavy (non-hydrogen) atoms. The van der Waals surface area contributed by atoms with Crippen LogP contribution >= 0.6 is 50.4 Å². The van der Waals surface area contributed by atoms with Crippen molar-refractivity contribution in [2.45, 2.75) is 76.5 Å². The number of hydrogen-bond acceptors (Lipinski definition) is 3. The van der Waals surface area contributed by atoms with Crippen LogP contribution in [-0.2, 0) is 6.42 Å². The van der Waals surface area contributed by atoms with E-state index in [-0.39, 0.29) is 0 Å². The van der Waals surface area contributed by atoms with E-state index in [4.69, 9.17) is 0 Å². The molecule has 0 saturated carbocycles. The maximum absolute atomic E-state index is 3.79. The molecule has 0 amide bonds. The SMILES string of the molecule is CCCCCCSc1cc(-c2sccc2CCCCCC)sc1Br. The lowest BCUT2D eigenvalue weighted by Crippen LogP contribution is -1.85. The van der Waals surface area contributed by atoms with Crippen molar-refractivity contribution >= 4 is 50.4 Å². The summed E-state index contributed by atoms with van der Waals surface area (Å²) in [6.45, 7) is 4.55. The Balaban J connectivity index is 1.93. The molecular formula is C20H29BrS3. The standard InChI is InChI=1S/C20H29BrS3/c1-3-5-7-9-11-16-12-14-23-19(16)17-15-18(20(21)24-17)22-13-10-8-6-4-2/h12,14-15H,3-11,13H2,1-2H3. The molecule has 0 fully saturated rings. The second-order valence-electron chi connectivity index (χ2n) is 6.24. The Morgan fingerprint density at radius 2 is 1.75 bits per heavy atom. The van der Waals surface area contributed by atoms with E-state index in [0.717, 1.165) is 0 Å². The molecule has 2 rings (SSSR count). The fraction of sp³-hybridized carbons (Fsp3) is 0.600. The van der Waals surface area contributed by atoms with Gasteiger partial charge in [-0.1, -0.05) is 52.4 Å². The van der Waals surface area contributed by atoms with Crippen LogP contribution in [0.3, 0.4) is 0 Å². The summed E-state index contributed by atoms with van der Waals surface area (Å²) in [5, 5.41) is 2.26. The second-order valence-corrected chi connectivity index (χ2v) is 10.7. The van der Waals surface area contributed by atoms with Gasteiger partial charge in [0.25, 0.3) is 0 Å². The van der Waals surface area contributed by atoms with Crippen molar-refractivity contribution in [3.8, 4) is 9.75 Å². The van der Waals surface area contributed by atoms with E-state index in [0.29, 0.717) is 0 Å². The molecule has 0 bridgehead atoms. The van der Waals surface area contributed by atoms with Crippen molar-refractivity contribution in [1.82, 2.24) is 0 Å². The van der Waals surface area contributed by atoms with Crippen molar-refractivity contribution in [2.24, 2.45) is 0 Å². The minimum Gasteiger partial charge on any atom is -0.143 e. The van der Waals surface area contributed by atoms with Gasteiger partial charge in [0.05, 0.1) is 3.79 Å². The minimum absolute atomic E-state index is 1.23. The van der Waals surface area contributed by atoms with Gasteiger partial charge in [-0.05, 0) is 64.0 Å². The average Bonchev–Trinajstić information content (AvgIpc) is 3.18. The summed E-state index contributed by atoms with van der Waals surface area (Å²) in [7, 11) is 0. The predicted octanol–water partition coefficient (Wildman–Crippen LogP) is 9.03. The fourth-order valence-electron chi connectivity index (χ4n) is 2.76. The summed E-state index contributed by atoms with van der Waals surface area (Å²) < 4.78 is 1.31. The Hall–Kier alpha value is 0.230. The molecular weight excluding hydrogens is 416 g/mol. The first-order valence-corrected chi connectivity index (χ1v) is 12.7. The molecule has 0 saturated heterocycles. The van der Waals surface area contributed by atoms with Gasteiger partial charge in [-0.25, -0.2) is 0 Å². The van der Waals surface area contributed by atoms with E-state index in [9.17, 15) is 0 Å². The summed E-state index contributed by atoms with van der Waals surface area (Å²) in [5.74, 6) is 1.24. The number of aryl methyl sites for hydroxylation is 1. The first-order valence-electron chi connectivity index (χ1n) is 9.25. The van der Waals surface area contributed by atoms with Gasteiger partial charge < -0.3 is 0 Å².